The van der Waals surface area contributed by atoms with E-state index in [9.17, 15) is 4.79 Å². The van der Waals surface area contributed by atoms with Gasteiger partial charge in [-0.3, -0.25) is 0 Å². The predicted molar refractivity (Wildman–Crippen MR) is 103 cm³/mol. The third-order valence-electron chi connectivity index (χ3n) is 4.14. The Hall–Kier alpha value is -2.21. The summed E-state index contributed by atoms with van der Waals surface area (Å²) in [6.07, 6.45) is -0.250. The molecule has 0 radical (unpaired) electrons. The van der Waals surface area contributed by atoms with Crippen LogP contribution in [-0.4, -0.2) is 52.6 Å². The van der Waals surface area contributed by atoms with Crippen LogP contribution in [0.1, 0.15) is 26.5 Å². The number of rotatable bonds is 2. The Morgan fingerprint density at radius 2 is 1.73 bits per heavy atom. The van der Waals surface area contributed by atoms with E-state index in [1.165, 1.54) is 0 Å². The maximum atomic E-state index is 12.2. The second-order valence-electron chi connectivity index (χ2n) is 7.49. The monoisotopic (exact) mass is 376 g/mol. The molecule has 0 bridgehead atoms. The van der Waals surface area contributed by atoms with Gasteiger partial charge in [-0.2, -0.15) is 5.10 Å². The Kier molecular flexibility index (Phi) is 5.14. The fourth-order valence-corrected chi connectivity index (χ4v) is 3.05. The molecule has 0 saturated carbocycles. The Balaban J connectivity index is 1.72. The van der Waals surface area contributed by atoms with Gasteiger partial charge in [0.1, 0.15) is 11.4 Å². The molecule has 2 aromatic rings. The number of ether oxygens (including phenoxy) is 1. The van der Waals surface area contributed by atoms with Gasteiger partial charge in [0.05, 0.1) is 11.4 Å². The van der Waals surface area contributed by atoms with E-state index in [1.807, 2.05) is 56.6 Å². The third kappa shape index (κ3) is 4.30. The molecule has 1 saturated heterocycles. The number of nitrogens with zero attached hydrogens (tertiary/aromatic N) is 4. The first kappa shape index (κ1) is 18.6. The largest absolute Gasteiger partial charge is 0.444 e. The summed E-state index contributed by atoms with van der Waals surface area (Å²) in [4.78, 5) is 16.2. The van der Waals surface area contributed by atoms with Crippen molar-refractivity contribution in [3.63, 3.8) is 0 Å². The van der Waals surface area contributed by atoms with Gasteiger partial charge in [-0.15, -0.1) is 0 Å². The van der Waals surface area contributed by atoms with Crippen LogP contribution in [0.5, 0.6) is 0 Å². The number of hydrogen-bond acceptors (Lipinski definition) is 4. The third-order valence-corrected chi connectivity index (χ3v) is 4.39. The molecule has 1 amide bonds. The Morgan fingerprint density at radius 3 is 2.31 bits per heavy atom. The van der Waals surface area contributed by atoms with Gasteiger partial charge in [-0.1, -0.05) is 11.6 Å². The lowest BCUT2D eigenvalue weighted by molar-refractivity contribution is 0.0240. The highest BCUT2D eigenvalue weighted by Crippen LogP contribution is 2.24. The van der Waals surface area contributed by atoms with Crippen molar-refractivity contribution in [2.75, 3.05) is 31.1 Å². The van der Waals surface area contributed by atoms with Crippen LogP contribution in [0.4, 0.5) is 10.6 Å². The van der Waals surface area contributed by atoms with E-state index in [2.05, 4.69) is 16.1 Å². The van der Waals surface area contributed by atoms with Crippen molar-refractivity contribution in [3.8, 4) is 5.69 Å². The summed E-state index contributed by atoms with van der Waals surface area (Å²) in [5, 5.41) is 5.31. The van der Waals surface area contributed by atoms with Crippen LogP contribution >= 0.6 is 11.6 Å². The first-order valence-corrected chi connectivity index (χ1v) is 9.16. The molecule has 1 aliphatic rings. The van der Waals surface area contributed by atoms with Crippen LogP contribution in [0.2, 0.25) is 5.02 Å². The van der Waals surface area contributed by atoms with Gasteiger partial charge in [0.25, 0.3) is 0 Å². The number of aryl methyl sites for hydroxylation is 1. The molecule has 26 heavy (non-hydrogen) atoms. The Bertz CT molecular complexity index is 772. The lowest BCUT2D eigenvalue weighted by Crippen LogP contribution is -2.50. The van der Waals surface area contributed by atoms with Crippen molar-refractivity contribution in [1.82, 2.24) is 14.7 Å². The molecule has 2 heterocycles. The molecule has 0 aliphatic carbocycles. The zero-order valence-corrected chi connectivity index (χ0v) is 16.5. The molecule has 1 aromatic carbocycles. The van der Waals surface area contributed by atoms with Crippen molar-refractivity contribution in [3.05, 3.63) is 41.0 Å². The maximum Gasteiger partial charge on any atom is 0.410 e. The van der Waals surface area contributed by atoms with E-state index in [4.69, 9.17) is 16.3 Å². The Labute approximate surface area is 159 Å². The number of anilines is 1. The summed E-state index contributed by atoms with van der Waals surface area (Å²) in [6.45, 7) is 10.3. The predicted octanol–water partition coefficient (Wildman–Crippen LogP) is 3.89. The number of halogens is 1. The number of aromatic nitrogens is 2. The highest BCUT2D eigenvalue weighted by molar-refractivity contribution is 6.30. The van der Waals surface area contributed by atoms with Crippen molar-refractivity contribution in [1.29, 1.82) is 0 Å². The molecule has 0 unspecified atom stereocenters. The molecule has 140 valence electrons. The number of carbonyl (C=O) groups excluding carboxylic acids is 1. The molecule has 1 aromatic heterocycles. The maximum absolute atomic E-state index is 12.2. The number of piperazine rings is 1. The van der Waals surface area contributed by atoms with E-state index in [0.717, 1.165) is 30.3 Å². The number of carbonyl (C=O) groups is 1. The normalized spacial score (nSPS) is 15.3. The van der Waals surface area contributed by atoms with Gasteiger partial charge in [0.15, 0.2) is 0 Å². The smallest absolute Gasteiger partial charge is 0.410 e. The number of benzene rings is 1. The van der Waals surface area contributed by atoms with Gasteiger partial charge in [0.2, 0.25) is 0 Å². The first-order chi connectivity index (χ1) is 12.2. The van der Waals surface area contributed by atoms with Crippen molar-refractivity contribution in [2.24, 2.45) is 0 Å². The zero-order chi connectivity index (χ0) is 18.9. The SMILES string of the molecule is Cc1cc(N2CCN(C(=O)OC(C)(C)C)CC2)n(-c2ccc(Cl)cc2)n1. The van der Waals surface area contributed by atoms with E-state index in [0.29, 0.717) is 18.1 Å². The lowest BCUT2D eigenvalue weighted by Gasteiger charge is -2.36. The minimum Gasteiger partial charge on any atom is -0.444 e. The fraction of sp³-hybridized carbons (Fsp3) is 0.474. The highest BCUT2D eigenvalue weighted by Gasteiger charge is 2.27. The molecule has 1 fully saturated rings. The van der Waals surface area contributed by atoms with Crippen molar-refractivity contribution < 1.29 is 9.53 Å². The molecule has 7 heteroatoms. The van der Waals surface area contributed by atoms with Crippen LogP contribution in [-0.2, 0) is 4.74 Å². The van der Waals surface area contributed by atoms with E-state index in [-0.39, 0.29) is 6.09 Å². The highest BCUT2D eigenvalue weighted by atomic mass is 35.5. The van der Waals surface area contributed by atoms with Crippen molar-refractivity contribution >= 4 is 23.5 Å². The summed E-state index contributed by atoms with van der Waals surface area (Å²) in [5.41, 5.74) is 1.44. The van der Waals surface area contributed by atoms with Crippen LogP contribution in [0, 0.1) is 6.92 Å². The number of amides is 1. The standard InChI is InChI=1S/C19H25ClN4O2/c1-14-13-17(24(21-14)16-7-5-15(20)6-8-16)22-9-11-23(12-10-22)18(25)26-19(2,3)4/h5-8,13H,9-12H2,1-4H3. The molecule has 1 aliphatic heterocycles. The van der Waals surface area contributed by atoms with Gasteiger partial charge >= 0.3 is 6.09 Å². The van der Waals surface area contributed by atoms with E-state index >= 15 is 0 Å². The average Bonchev–Trinajstić information content (AvgIpc) is 2.96. The molecule has 0 atom stereocenters. The van der Waals surface area contributed by atoms with E-state index < -0.39 is 5.60 Å². The first-order valence-electron chi connectivity index (χ1n) is 8.78. The summed E-state index contributed by atoms with van der Waals surface area (Å²) in [6, 6.07) is 9.69. The minimum absolute atomic E-state index is 0.250. The van der Waals surface area contributed by atoms with Gasteiger partial charge in [-0.25, -0.2) is 9.48 Å². The van der Waals surface area contributed by atoms with Crippen LogP contribution < -0.4 is 4.90 Å². The minimum atomic E-state index is -0.474. The summed E-state index contributed by atoms with van der Waals surface area (Å²) in [5.74, 6) is 1.02. The van der Waals surface area contributed by atoms with Crippen molar-refractivity contribution in [2.45, 2.75) is 33.3 Å². The lowest BCUT2D eigenvalue weighted by atomic mass is 10.2. The van der Waals surface area contributed by atoms with Crippen LogP contribution in [0.25, 0.3) is 5.69 Å². The van der Waals surface area contributed by atoms with E-state index in [1.54, 1.807) is 4.90 Å². The van der Waals surface area contributed by atoms with Crippen LogP contribution in [0.3, 0.4) is 0 Å². The molecule has 0 spiro atoms. The summed E-state index contributed by atoms with van der Waals surface area (Å²) >= 11 is 5.99. The fourth-order valence-electron chi connectivity index (χ4n) is 2.93. The van der Waals surface area contributed by atoms with Gasteiger partial charge < -0.3 is 14.5 Å². The molecule has 3 rings (SSSR count). The summed E-state index contributed by atoms with van der Waals surface area (Å²) < 4.78 is 7.39. The molecular formula is C19H25ClN4O2. The Morgan fingerprint density at radius 1 is 1.12 bits per heavy atom. The van der Waals surface area contributed by atoms with Gasteiger partial charge in [-0.05, 0) is 52.0 Å². The second kappa shape index (κ2) is 7.19. The zero-order valence-electron chi connectivity index (χ0n) is 15.7. The topological polar surface area (TPSA) is 50.6 Å². The number of hydrogen-bond donors (Lipinski definition) is 0. The summed E-state index contributed by atoms with van der Waals surface area (Å²) in [7, 11) is 0. The molecule has 6 nitrogen and oxygen atoms in total. The molecule has 0 N–H and O–H groups in total. The quantitative estimate of drug-likeness (QED) is 0.797. The second-order valence-corrected chi connectivity index (χ2v) is 7.92. The van der Waals surface area contributed by atoms with Gasteiger partial charge in [0, 0.05) is 37.3 Å². The van der Waals surface area contributed by atoms with Crippen LogP contribution in [0.15, 0.2) is 30.3 Å². The molecular weight excluding hydrogens is 352 g/mol. The average molecular weight is 377 g/mol.